The number of carbonyl (C=O) groups is 2. The third kappa shape index (κ3) is 4.22. The zero-order valence-corrected chi connectivity index (χ0v) is 14.5. The maximum absolute atomic E-state index is 12.3. The summed E-state index contributed by atoms with van der Waals surface area (Å²) in [4.78, 5) is 23.2. The van der Waals surface area contributed by atoms with Crippen molar-refractivity contribution in [3.8, 4) is 11.5 Å². The van der Waals surface area contributed by atoms with E-state index >= 15 is 0 Å². The number of benzene rings is 2. The van der Waals surface area contributed by atoms with Crippen molar-refractivity contribution >= 4 is 12.3 Å². The zero-order chi connectivity index (χ0) is 17.7. The number of aldehydes is 1. The van der Waals surface area contributed by atoms with E-state index in [4.69, 9.17) is 9.47 Å². The first kappa shape index (κ1) is 17.7. The maximum atomic E-state index is 12.3. The van der Waals surface area contributed by atoms with Crippen LogP contribution < -0.4 is 9.47 Å². The van der Waals surface area contributed by atoms with Gasteiger partial charge in [0.2, 0.25) is 0 Å². The van der Waals surface area contributed by atoms with Crippen molar-refractivity contribution in [2.24, 2.45) is 0 Å². The normalized spacial score (nSPS) is 11.0. The molecule has 0 spiro atoms. The molecule has 0 radical (unpaired) electrons. The monoisotopic (exact) mass is 326 g/mol. The highest BCUT2D eigenvalue weighted by Crippen LogP contribution is 2.29. The van der Waals surface area contributed by atoms with Gasteiger partial charge >= 0.3 is 5.97 Å². The Kier molecular flexibility index (Phi) is 5.39. The lowest BCUT2D eigenvalue weighted by Crippen LogP contribution is -2.13. The van der Waals surface area contributed by atoms with E-state index in [-0.39, 0.29) is 5.41 Å². The summed E-state index contributed by atoms with van der Waals surface area (Å²) in [5.41, 5.74) is 2.09. The van der Waals surface area contributed by atoms with Crippen LogP contribution in [0.5, 0.6) is 11.5 Å². The number of esters is 1. The molecule has 2 aromatic rings. The van der Waals surface area contributed by atoms with E-state index < -0.39 is 5.97 Å². The average Bonchev–Trinajstić information content (AvgIpc) is 2.56. The summed E-state index contributed by atoms with van der Waals surface area (Å²) in [5, 5.41) is 0. The van der Waals surface area contributed by atoms with E-state index in [2.05, 4.69) is 20.8 Å². The fraction of sp³-hybridized carbons (Fsp3) is 0.300. The summed E-state index contributed by atoms with van der Waals surface area (Å²) in [7, 11) is 0. The zero-order valence-electron chi connectivity index (χ0n) is 14.5. The Morgan fingerprint density at radius 2 is 1.71 bits per heavy atom. The molecule has 0 N–H and O–H groups in total. The molecular formula is C20H22O4. The molecule has 0 amide bonds. The Labute approximate surface area is 142 Å². The summed E-state index contributed by atoms with van der Waals surface area (Å²) >= 11 is 0. The summed E-state index contributed by atoms with van der Waals surface area (Å²) in [6.45, 7) is 8.58. The lowest BCUT2D eigenvalue weighted by atomic mass is 9.87. The van der Waals surface area contributed by atoms with E-state index in [0.717, 1.165) is 11.8 Å². The van der Waals surface area contributed by atoms with Crippen LogP contribution in [-0.2, 0) is 5.41 Å². The van der Waals surface area contributed by atoms with Gasteiger partial charge in [-0.1, -0.05) is 32.9 Å². The highest BCUT2D eigenvalue weighted by atomic mass is 16.6. The maximum Gasteiger partial charge on any atom is 0.343 e. The van der Waals surface area contributed by atoms with E-state index in [1.165, 1.54) is 0 Å². The van der Waals surface area contributed by atoms with Crippen molar-refractivity contribution in [2.45, 2.75) is 33.1 Å². The molecule has 126 valence electrons. The highest BCUT2D eigenvalue weighted by Gasteiger charge is 2.16. The molecule has 4 heteroatoms. The molecule has 0 aliphatic rings. The van der Waals surface area contributed by atoms with Crippen LogP contribution in [0.15, 0.2) is 42.5 Å². The Morgan fingerprint density at radius 1 is 1.04 bits per heavy atom. The molecule has 0 atom stereocenters. The lowest BCUT2D eigenvalue weighted by molar-refractivity contribution is 0.0728. The second kappa shape index (κ2) is 7.30. The van der Waals surface area contributed by atoms with Gasteiger partial charge in [0.05, 0.1) is 12.2 Å². The van der Waals surface area contributed by atoms with Crippen LogP contribution >= 0.6 is 0 Å². The third-order valence-corrected chi connectivity index (χ3v) is 3.59. The molecule has 0 bridgehead atoms. The van der Waals surface area contributed by atoms with Gasteiger partial charge in [-0.05, 0) is 48.2 Å². The van der Waals surface area contributed by atoms with Crippen molar-refractivity contribution in [1.82, 2.24) is 0 Å². The van der Waals surface area contributed by atoms with Gasteiger partial charge in [-0.25, -0.2) is 4.79 Å². The van der Waals surface area contributed by atoms with Gasteiger partial charge in [-0.2, -0.15) is 0 Å². The molecule has 0 aliphatic carbocycles. The van der Waals surface area contributed by atoms with E-state index in [9.17, 15) is 9.59 Å². The summed E-state index contributed by atoms with van der Waals surface area (Å²) in [5.74, 6) is 0.212. The highest BCUT2D eigenvalue weighted by molar-refractivity contribution is 5.91. The van der Waals surface area contributed by atoms with Crippen LogP contribution in [0.3, 0.4) is 0 Å². The molecule has 24 heavy (non-hydrogen) atoms. The number of hydrogen-bond donors (Lipinski definition) is 0. The van der Waals surface area contributed by atoms with Crippen molar-refractivity contribution in [3.05, 3.63) is 59.2 Å². The average molecular weight is 326 g/mol. The molecule has 4 nitrogen and oxygen atoms in total. The standard InChI is InChI=1S/C20H22O4/c1-5-23-18-12-14(13-21)6-11-17(18)24-19(22)15-7-9-16(10-8-15)20(2,3)4/h6-13H,5H2,1-4H3. The predicted molar refractivity (Wildman–Crippen MR) is 93.1 cm³/mol. The minimum atomic E-state index is -0.463. The van der Waals surface area contributed by atoms with Crippen LogP contribution in [0.25, 0.3) is 0 Å². The topological polar surface area (TPSA) is 52.6 Å². The first-order valence-corrected chi connectivity index (χ1v) is 7.90. The van der Waals surface area contributed by atoms with Crippen LogP contribution in [-0.4, -0.2) is 18.9 Å². The number of ether oxygens (including phenoxy) is 2. The molecule has 0 aliphatic heterocycles. The molecule has 2 rings (SSSR count). The summed E-state index contributed by atoms with van der Waals surface area (Å²) < 4.78 is 10.9. The Bertz CT molecular complexity index is 724. The third-order valence-electron chi connectivity index (χ3n) is 3.59. The Hall–Kier alpha value is -2.62. The van der Waals surface area contributed by atoms with Gasteiger partial charge in [-0.15, -0.1) is 0 Å². The fourth-order valence-corrected chi connectivity index (χ4v) is 2.22. The molecule has 0 aromatic heterocycles. The van der Waals surface area contributed by atoms with E-state index in [0.29, 0.717) is 29.2 Å². The van der Waals surface area contributed by atoms with Gasteiger partial charge in [0.15, 0.2) is 11.5 Å². The van der Waals surface area contributed by atoms with Gasteiger partial charge in [0.1, 0.15) is 6.29 Å². The Morgan fingerprint density at radius 3 is 2.25 bits per heavy atom. The van der Waals surface area contributed by atoms with E-state index in [1.54, 1.807) is 30.3 Å². The van der Waals surface area contributed by atoms with Gasteiger partial charge in [0, 0.05) is 5.56 Å². The van der Waals surface area contributed by atoms with Crippen LogP contribution in [0.4, 0.5) is 0 Å². The van der Waals surface area contributed by atoms with Crippen LogP contribution in [0.2, 0.25) is 0 Å². The van der Waals surface area contributed by atoms with E-state index in [1.807, 2.05) is 19.1 Å². The molecule has 0 unspecified atom stereocenters. The minimum Gasteiger partial charge on any atom is -0.490 e. The van der Waals surface area contributed by atoms with Crippen molar-refractivity contribution in [1.29, 1.82) is 0 Å². The summed E-state index contributed by atoms with van der Waals surface area (Å²) in [6.07, 6.45) is 0.722. The Balaban J connectivity index is 2.21. The van der Waals surface area contributed by atoms with Crippen molar-refractivity contribution in [2.75, 3.05) is 6.61 Å². The smallest absolute Gasteiger partial charge is 0.343 e. The molecule has 0 saturated heterocycles. The molecule has 0 fully saturated rings. The molecule has 0 saturated carbocycles. The number of hydrogen-bond acceptors (Lipinski definition) is 4. The summed E-state index contributed by atoms with van der Waals surface area (Å²) in [6, 6.07) is 12.1. The van der Waals surface area contributed by atoms with Crippen LogP contribution in [0, 0.1) is 0 Å². The van der Waals surface area contributed by atoms with Gasteiger partial charge in [0.25, 0.3) is 0 Å². The quantitative estimate of drug-likeness (QED) is 0.464. The van der Waals surface area contributed by atoms with Crippen LogP contribution in [0.1, 0.15) is 54.0 Å². The van der Waals surface area contributed by atoms with Gasteiger partial charge < -0.3 is 9.47 Å². The lowest BCUT2D eigenvalue weighted by Gasteiger charge is -2.19. The molecule has 0 heterocycles. The second-order valence-electron chi connectivity index (χ2n) is 6.47. The second-order valence-corrected chi connectivity index (χ2v) is 6.47. The van der Waals surface area contributed by atoms with Crippen molar-refractivity contribution in [3.63, 3.8) is 0 Å². The first-order chi connectivity index (χ1) is 11.3. The molecule has 2 aromatic carbocycles. The number of carbonyl (C=O) groups excluding carboxylic acids is 2. The molecular weight excluding hydrogens is 304 g/mol. The number of rotatable bonds is 5. The first-order valence-electron chi connectivity index (χ1n) is 7.90. The SMILES string of the molecule is CCOc1cc(C=O)ccc1OC(=O)c1ccc(C(C)(C)C)cc1. The largest absolute Gasteiger partial charge is 0.490 e. The van der Waals surface area contributed by atoms with Gasteiger partial charge in [-0.3, -0.25) is 4.79 Å². The predicted octanol–water partition coefficient (Wildman–Crippen LogP) is 4.41. The fourth-order valence-electron chi connectivity index (χ4n) is 2.22. The van der Waals surface area contributed by atoms with Crippen molar-refractivity contribution < 1.29 is 19.1 Å². The minimum absolute atomic E-state index is 0.0230.